The Balaban J connectivity index is 2.25. The molecule has 0 bridgehead atoms. The molecular weight excluding hydrogens is 279 g/mol. The van der Waals surface area contributed by atoms with E-state index in [2.05, 4.69) is 0 Å². The van der Waals surface area contributed by atoms with E-state index in [1.165, 1.54) is 0 Å². The van der Waals surface area contributed by atoms with Crippen molar-refractivity contribution >= 4 is 0 Å². The van der Waals surface area contributed by atoms with E-state index in [0.717, 1.165) is 12.1 Å². The van der Waals surface area contributed by atoms with Crippen LogP contribution in [0.15, 0.2) is 36.4 Å². The maximum atomic E-state index is 13.2. The van der Waals surface area contributed by atoms with Crippen molar-refractivity contribution in [2.45, 2.75) is 26.0 Å². The van der Waals surface area contributed by atoms with E-state index in [1.54, 1.807) is 24.3 Å². The van der Waals surface area contributed by atoms with Crippen LogP contribution in [-0.4, -0.2) is 6.10 Å². The second kappa shape index (κ2) is 6.18. The molecule has 5 heteroatoms. The van der Waals surface area contributed by atoms with E-state index in [0.29, 0.717) is 11.3 Å². The Morgan fingerprint density at radius 2 is 1.43 bits per heavy atom. The molecule has 1 atom stereocenters. The molecule has 0 radical (unpaired) electrons. The average molecular weight is 295 g/mol. The number of rotatable bonds is 4. The molecule has 0 amide bonds. The van der Waals surface area contributed by atoms with Gasteiger partial charge in [0.15, 0.2) is 17.5 Å². The van der Waals surface area contributed by atoms with Gasteiger partial charge in [-0.05, 0) is 49.2 Å². The topological polar surface area (TPSA) is 35.2 Å². The summed E-state index contributed by atoms with van der Waals surface area (Å²) in [6, 6.07) is 7.94. The molecule has 2 rings (SSSR count). The van der Waals surface area contributed by atoms with Crippen molar-refractivity contribution in [3.63, 3.8) is 0 Å². The summed E-state index contributed by atoms with van der Waals surface area (Å²) in [4.78, 5) is 0. The Kier molecular flexibility index (Phi) is 4.53. The monoisotopic (exact) mass is 295 g/mol. The van der Waals surface area contributed by atoms with E-state index < -0.39 is 23.5 Å². The summed E-state index contributed by atoms with van der Waals surface area (Å²) in [5.74, 6) is -3.32. The molecule has 0 fully saturated rings. The first-order valence-corrected chi connectivity index (χ1v) is 6.55. The maximum absolute atomic E-state index is 13.2. The molecule has 1 unspecified atom stereocenters. The van der Waals surface area contributed by atoms with Gasteiger partial charge in [0, 0.05) is 0 Å². The predicted molar refractivity (Wildman–Crippen MR) is 74.6 cm³/mol. The molecule has 2 nitrogen and oxygen atoms in total. The molecule has 0 aliphatic heterocycles. The van der Waals surface area contributed by atoms with E-state index in [4.69, 9.17) is 10.5 Å². The van der Waals surface area contributed by atoms with Crippen LogP contribution in [0.2, 0.25) is 0 Å². The van der Waals surface area contributed by atoms with Gasteiger partial charge in [0.25, 0.3) is 0 Å². The maximum Gasteiger partial charge on any atom is 0.194 e. The van der Waals surface area contributed by atoms with E-state index >= 15 is 0 Å². The van der Waals surface area contributed by atoms with Gasteiger partial charge in [0.2, 0.25) is 0 Å². The van der Waals surface area contributed by atoms with Crippen LogP contribution < -0.4 is 10.5 Å². The summed E-state index contributed by atoms with van der Waals surface area (Å²) in [7, 11) is 0. The third-order valence-electron chi connectivity index (χ3n) is 2.98. The van der Waals surface area contributed by atoms with Crippen molar-refractivity contribution in [3.8, 4) is 5.75 Å². The highest BCUT2D eigenvalue weighted by molar-refractivity contribution is 5.35. The molecule has 21 heavy (non-hydrogen) atoms. The number of ether oxygens (including phenoxy) is 1. The predicted octanol–water partition coefficient (Wildman–Crippen LogP) is 3.94. The zero-order chi connectivity index (χ0) is 15.6. The van der Waals surface area contributed by atoms with Gasteiger partial charge in [0.05, 0.1) is 12.1 Å². The summed E-state index contributed by atoms with van der Waals surface area (Å²) in [6.45, 7) is 3.81. The van der Waals surface area contributed by atoms with E-state index in [9.17, 15) is 13.2 Å². The molecule has 0 saturated heterocycles. The van der Waals surface area contributed by atoms with Crippen molar-refractivity contribution < 1.29 is 17.9 Å². The lowest BCUT2D eigenvalue weighted by Gasteiger charge is -2.15. The number of halogens is 3. The van der Waals surface area contributed by atoms with Gasteiger partial charge >= 0.3 is 0 Å². The Morgan fingerprint density at radius 3 is 1.90 bits per heavy atom. The molecule has 0 aliphatic carbocycles. The second-order valence-corrected chi connectivity index (χ2v) is 5.01. The minimum atomic E-state index is -1.49. The summed E-state index contributed by atoms with van der Waals surface area (Å²) in [5, 5.41) is 0. The lowest BCUT2D eigenvalue weighted by Crippen LogP contribution is -2.13. The second-order valence-electron chi connectivity index (χ2n) is 5.01. The SMILES string of the molecule is CC(C)Oc1ccc(C(N)c2cc(F)c(F)c(F)c2)cc1. The van der Waals surface area contributed by atoms with Gasteiger partial charge in [-0.15, -0.1) is 0 Å². The van der Waals surface area contributed by atoms with Crippen LogP contribution in [0, 0.1) is 17.5 Å². The van der Waals surface area contributed by atoms with Gasteiger partial charge in [0.1, 0.15) is 5.75 Å². The number of hydrogen-bond donors (Lipinski definition) is 1. The quantitative estimate of drug-likeness (QED) is 0.867. The van der Waals surface area contributed by atoms with Gasteiger partial charge in [-0.3, -0.25) is 0 Å². The van der Waals surface area contributed by atoms with Crippen molar-refractivity contribution in [2.75, 3.05) is 0 Å². The molecule has 0 saturated carbocycles. The fraction of sp³-hybridized carbons (Fsp3) is 0.250. The van der Waals surface area contributed by atoms with Crippen molar-refractivity contribution in [1.29, 1.82) is 0 Å². The van der Waals surface area contributed by atoms with Crippen LogP contribution in [0.25, 0.3) is 0 Å². The highest BCUT2D eigenvalue weighted by Crippen LogP contribution is 2.25. The largest absolute Gasteiger partial charge is 0.491 e. The van der Waals surface area contributed by atoms with Gasteiger partial charge in [-0.25, -0.2) is 13.2 Å². The van der Waals surface area contributed by atoms with E-state index in [1.807, 2.05) is 13.8 Å². The molecule has 0 spiro atoms. The molecule has 2 aromatic rings. The lowest BCUT2D eigenvalue weighted by molar-refractivity contribution is 0.242. The summed E-state index contributed by atoms with van der Waals surface area (Å²) >= 11 is 0. The Morgan fingerprint density at radius 1 is 0.905 bits per heavy atom. The zero-order valence-electron chi connectivity index (χ0n) is 11.7. The van der Waals surface area contributed by atoms with Crippen LogP contribution in [-0.2, 0) is 0 Å². The first-order chi connectivity index (χ1) is 9.88. The summed E-state index contributed by atoms with van der Waals surface area (Å²) in [6.07, 6.45) is 0.0461. The molecule has 0 heterocycles. The first kappa shape index (κ1) is 15.4. The van der Waals surface area contributed by atoms with E-state index in [-0.39, 0.29) is 11.7 Å². The van der Waals surface area contributed by atoms with Crippen LogP contribution in [0.5, 0.6) is 5.75 Å². The van der Waals surface area contributed by atoms with Crippen LogP contribution >= 0.6 is 0 Å². The molecule has 112 valence electrons. The Labute approximate surface area is 121 Å². The Hall–Kier alpha value is -2.01. The highest BCUT2D eigenvalue weighted by atomic mass is 19.2. The number of hydrogen-bond acceptors (Lipinski definition) is 2. The first-order valence-electron chi connectivity index (χ1n) is 6.55. The molecule has 2 aromatic carbocycles. The fourth-order valence-electron chi connectivity index (χ4n) is 1.97. The van der Waals surface area contributed by atoms with Gasteiger partial charge in [-0.2, -0.15) is 0 Å². The smallest absolute Gasteiger partial charge is 0.194 e. The van der Waals surface area contributed by atoms with Crippen molar-refractivity contribution in [3.05, 3.63) is 65.0 Å². The molecule has 0 aliphatic rings. The number of benzene rings is 2. The summed E-state index contributed by atoms with van der Waals surface area (Å²) in [5.41, 5.74) is 6.78. The zero-order valence-corrected chi connectivity index (χ0v) is 11.7. The normalized spacial score (nSPS) is 12.5. The third kappa shape index (κ3) is 3.55. The average Bonchev–Trinajstić information content (AvgIpc) is 2.43. The highest BCUT2D eigenvalue weighted by Gasteiger charge is 2.16. The van der Waals surface area contributed by atoms with Crippen LogP contribution in [0.3, 0.4) is 0 Å². The van der Waals surface area contributed by atoms with Crippen LogP contribution in [0.1, 0.15) is 31.0 Å². The van der Waals surface area contributed by atoms with Gasteiger partial charge in [-0.1, -0.05) is 12.1 Å². The minimum absolute atomic E-state index is 0.0461. The standard InChI is InChI=1S/C16H16F3NO/c1-9(2)21-12-5-3-10(4-6-12)16(20)11-7-13(17)15(19)14(18)8-11/h3-9,16H,20H2,1-2H3. The Bertz CT molecular complexity index is 603. The minimum Gasteiger partial charge on any atom is -0.491 e. The lowest BCUT2D eigenvalue weighted by atomic mass is 9.99. The molecule has 0 aromatic heterocycles. The molecule has 2 N–H and O–H groups in total. The summed E-state index contributed by atoms with van der Waals surface area (Å²) < 4.78 is 44.9. The van der Waals surface area contributed by atoms with Crippen molar-refractivity contribution in [1.82, 2.24) is 0 Å². The fourth-order valence-corrected chi connectivity index (χ4v) is 1.97. The molecular formula is C16H16F3NO. The van der Waals surface area contributed by atoms with Gasteiger partial charge < -0.3 is 10.5 Å². The number of nitrogens with two attached hydrogens (primary N) is 1. The van der Waals surface area contributed by atoms with Crippen LogP contribution in [0.4, 0.5) is 13.2 Å². The van der Waals surface area contributed by atoms with Crippen molar-refractivity contribution in [2.24, 2.45) is 5.73 Å². The third-order valence-corrected chi connectivity index (χ3v) is 2.98.